The SMILES string of the molecule is CC(O)CN(C)C(=O)Cc1ccc(C(F)(F)F)cc1. The number of nitrogens with zero attached hydrogens (tertiary/aromatic N) is 1. The number of carbonyl (C=O) groups is 1. The number of hydrogen-bond donors (Lipinski definition) is 1. The van der Waals surface area contributed by atoms with E-state index in [0.29, 0.717) is 5.56 Å². The molecule has 1 amide bonds. The number of likely N-dealkylation sites (N-methyl/N-ethyl adjacent to an activating group) is 1. The first kappa shape index (κ1) is 15.5. The van der Waals surface area contributed by atoms with Gasteiger partial charge < -0.3 is 10.0 Å². The lowest BCUT2D eigenvalue weighted by molar-refractivity contribution is -0.137. The first-order valence-electron chi connectivity index (χ1n) is 5.78. The van der Waals surface area contributed by atoms with Gasteiger partial charge in [0.2, 0.25) is 5.91 Å². The molecule has 1 aromatic rings. The molecular formula is C13H16F3NO2. The van der Waals surface area contributed by atoms with Crippen LogP contribution in [0.2, 0.25) is 0 Å². The van der Waals surface area contributed by atoms with E-state index in [1.807, 2.05) is 0 Å². The molecule has 0 radical (unpaired) electrons. The normalized spacial score (nSPS) is 13.2. The molecule has 1 N–H and O–H groups in total. The maximum atomic E-state index is 12.4. The fourth-order valence-corrected chi connectivity index (χ4v) is 1.62. The van der Waals surface area contributed by atoms with Crippen molar-refractivity contribution < 1.29 is 23.1 Å². The number of aliphatic hydroxyl groups is 1. The van der Waals surface area contributed by atoms with Crippen LogP contribution in [0.25, 0.3) is 0 Å². The number of alkyl halides is 3. The standard InChI is InChI=1S/C13H16F3NO2/c1-9(18)8-17(2)12(19)7-10-3-5-11(6-4-10)13(14,15)16/h3-6,9,18H,7-8H2,1-2H3. The van der Waals surface area contributed by atoms with Crippen molar-refractivity contribution in [3.05, 3.63) is 35.4 Å². The van der Waals surface area contributed by atoms with Gasteiger partial charge in [0.05, 0.1) is 18.1 Å². The Morgan fingerprint density at radius 2 is 1.84 bits per heavy atom. The van der Waals surface area contributed by atoms with Crippen molar-refractivity contribution in [2.75, 3.05) is 13.6 Å². The number of benzene rings is 1. The smallest absolute Gasteiger partial charge is 0.392 e. The van der Waals surface area contributed by atoms with Crippen LogP contribution in [-0.4, -0.2) is 35.6 Å². The second-order valence-corrected chi connectivity index (χ2v) is 4.49. The maximum absolute atomic E-state index is 12.4. The molecule has 0 bridgehead atoms. The fourth-order valence-electron chi connectivity index (χ4n) is 1.62. The lowest BCUT2D eigenvalue weighted by Crippen LogP contribution is -2.34. The number of rotatable bonds is 4. The first-order valence-corrected chi connectivity index (χ1v) is 5.78. The minimum Gasteiger partial charge on any atom is -0.392 e. The highest BCUT2D eigenvalue weighted by atomic mass is 19.4. The van der Waals surface area contributed by atoms with Crippen LogP contribution < -0.4 is 0 Å². The molecule has 106 valence electrons. The van der Waals surface area contributed by atoms with Gasteiger partial charge in [-0.15, -0.1) is 0 Å². The van der Waals surface area contributed by atoms with Gasteiger partial charge in [0.15, 0.2) is 0 Å². The third kappa shape index (κ3) is 4.90. The molecule has 0 aliphatic heterocycles. The van der Waals surface area contributed by atoms with Crippen molar-refractivity contribution in [2.24, 2.45) is 0 Å². The van der Waals surface area contributed by atoms with Crippen LogP contribution in [0.15, 0.2) is 24.3 Å². The van der Waals surface area contributed by atoms with Gasteiger partial charge in [0.25, 0.3) is 0 Å². The Morgan fingerprint density at radius 1 is 1.32 bits per heavy atom. The van der Waals surface area contributed by atoms with Crippen LogP contribution in [0.5, 0.6) is 0 Å². The molecule has 0 fully saturated rings. The summed E-state index contributed by atoms with van der Waals surface area (Å²) in [6.45, 7) is 1.75. The average Bonchev–Trinajstić information content (AvgIpc) is 2.27. The van der Waals surface area contributed by atoms with Crippen LogP contribution >= 0.6 is 0 Å². The van der Waals surface area contributed by atoms with Gasteiger partial charge in [-0.2, -0.15) is 13.2 Å². The number of carbonyl (C=O) groups excluding carboxylic acids is 1. The van der Waals surface area contributed by atoms with Gasteiger partial charge in [-0.3, -0.25) is 4.79 Å². The Kier molecular flexibility index (Phi) is 4.94. The minimum absolute atomic E-state index is 0.0152. The van der Waals surface area contributed by atoms with Crippen LogP contribution in [-0.2, 0) is 17.4 Å². The van der Waals surface area contributed by atoms with Crippen LogP contribution in [0, 0.1) is 0 Å². The van der Waals surface area contributed by atoms with Gasteiger partial charge in [-0.05, 0) is 24.6 Å². The van der Waals surface area contributed by atoms with E-state index in [-0.39, 0.29) is 18.9 Å². The molecule has 1 unspecified atom stereocenters. The predicted molar refractivity (Wildman–Crippen MR) is 64.5 cm³/mol. The van der Waals surface area contributed by atoms with Crippen molar-refractivity contribution in [1.82, 2.24) is 4.90 Å². The number of hydrogen-bond acceptors (Lipinski definition) is 2. The van der Waals surface area contributed by atoms with E-state index in [9.17, 15) is 18.0 Å². The molecule has 0 spiro atoms. The molecule has 0 saturated heterocycles. The fraction of sp³-hybridized carbons (Fsp3) is 0.462. The van der Waals surface area contributed by atoms with E-state index in [1.165, 1.54) is 17.0 Å². The summed E-state index contributed by atoms with van der Waals surface area (Å²) in [5.41, 5.74) is -0.225. The molecule has 0 heterocycles. The minimum atomic E-state index is -4.37. The van der Waals surface area contributed by atoms with Crippen molar-refractivity contribution in [3.63, 3.8) is 0 Å². The van der Waals surface area contributed by atoms with E-state index in [2.05, 4.69) is 0 Å². The molecule has 3 nitrogen and oxygen atoms in total. The highest BCUT2D eigenvalue weighted by Crippen LogP contribution is 2.29. The van der Waals surface area contributed by atoms with Crippen molar-refractivity contribution in [2.45, 2.75) is 25.6 Å². The lowest BCUT2D eigenvalue weighted by atomic mass is 10.1. The lowest BCUT2D eigenvalue weighted by Gasteiger charge is -2.18. The molecule has 0 aromatic heterocycles. The Balaban J connectivity index is 2.66. The summed E-state index contributed by atoms with van der Waals surface area (Å²) in [5, 5.41) is 9.14. The second kappa shape index (κ2) is 6.06. The molecule has 1 rings (SSSR count). The zero-order chi connectivity index (χ0) is 14.6. The predicted octanol–water partition coefficient (Wildman–Crippen LogP) is 2.09. The van der Waals surface area contributed by atoms with E-state index in [0.717, 1.165) is 12.1 Å². The molecule has 19 heavy (non-hydrogen) atoms. The van der Waals surface area contributed by atoms with Crippen LogP contribution in [0.4, 0.5) is 13.2 Å². The number of halogens is 3. The van der Waals surface area contributed by atoms with Gasteiger partial charge in [0, 0.05) is 13.6 Å². The first-order chi connectivity index (χ1) is 8.70. The molecule has 6 heteroatoms. The van der Waals surface area contributed by atoms with Gasteiger partial charge in [-0.1, -0.05) is 12.1 Å². The summed E-state index contributed by atoms with van der Waals surface area (Å²) in [4.78, 5) is 13.1. The summed E-state index contributed by atoms with van der Waals surface area (Å²) < 4.78 is 37.1. The van der Waals surface area contributed by atoms with Gasteiger partial charge in [0.1, 0.15) is 0 Å². The largest absolute Gasteiger partial charge is 0.416 e. The monoisotopic (exact) mass is 275 g/mol. The zero-order valence-corrected chi connectivity index (χ0v) is 10.7. The van der Waals surface area contributed by atoms with Gasteiger partial charge >= 0.3 is 6.18 Å². The summed E-state index contributed by atoms with van der Waals surface area (Å²) in [6.07, 6.45) is -4.99. The summed E-state index contributed by atoms with van der Waals surface area (Å²) in [5.74, 6) is -0.249. The van der Waals surface area contributed by atoms with E-state index < -0.39 is 17.8 Å². The molecule has 0 aliphatic rings. The van der Waals surface area contributed by atoms with Crippen molar-refractivity contribution >= 4 is 5.91 Å². The average molecular weight is 275 g/mol. The highest BCUT2D eigenvalue weighted by molar-refractivity contribution is 5.78. The Bertz CT molecular complexity index is 427. The molecule has 1 aromatic carbocycles. The summed E-state index contributed by atoms with van der Waals surface area (Å²) >= 11 is 0. The number of amides is 1. The van der Waals surface area contributed by atoms with Crippen LogP contribution in [0.1, 0.15) is 18.1 Å². The highest BCUT2D eigenvalue weighted by Gasteiger charge is 2.30. The van der Waals surface area contributed by atoms with Crippen molar-refractivity contribution in [3.8, 4) is 0 Å². The molecule has 0 saturated carbocycles. The quantitative estimate of drug-likeness (QED) is 0.914. The zero-order valence-electron chi connectivity index (χ0n) is 10.7. The topological polar surface area (TPSA) is 40.5 Å². The maximum Gasteiger partial charge on any atom is 0.416 e. The Hall–Kier alpha value is -1.56. The summed E-state index contributed by atoms with van der Waals surface area (Å²) in [7, 11) is 1.54. The van der Waals surface area contributed by atoms with Crippen LogP contribution in [0.3, 0.4) is 0 Å². The summed E-state index contributed by atoms with van der Waals surface area (Å²) in [6, 6.07) is 4.49. The van der Waals surface area contributed by atoms with Crippen molar-refractivity contribution in [1.29, 1.82) is 0 Å². The van der Waals surface area contributed by atoms with E-state index >= 15 is 0 Å². The second-order valence-electron chi connectivity index (χ2n) is 4.49. The molecule has 0 aliphatic carbocycles. The third-order valence-corrected chi connectivity index (χ3v) is 2.60. The van der Waals surface area contributed by atoms with Gasteiger partial charge in [-0.25, -0.2) is 0 Å². The Morgan fingerprint density at radius 3 is 2.26 bits per heavy atom. The van der Waals surface area contributed by atoms with E-state index in [1.54, 1.807) is 14.0 Å². The molecular weight excluding hydrogens is 259 g/mol. The molecule has 1 atom stereocenters. The number of aliphatic hydroxyl groups excluding tert-OH is 1. The Labute approximate surface area is 109 Å². The van der Waals surface area contributed by atoms with E-state index in [4.69, 9.17) is 5.11 Å². The third-order valence-electron chi connectivity index (χ3n) is 2.60.